The Morgan fingerprint density at radius 2 is 1.57 bits per heavy atom. The second-order valence-electron chi connectivity index (χ2n) is 8.83. The van der Waals surface area contributed by atoms with E-state index in [9.17, 15) is 19.7 Å². The molecule has 174 valence electrons. The summed E-state index contributed by atoms with van der Waals surface area (Å²) in [5.74, 6) is -2.54. The summed E-state index contributed by atoms with van der Waals surface area (Å²) in [5.41, 5.74) is 2.01. The highest BCUT2D eigenvalue weighted by atomic mass is 16.7. The van der Waals surface area contributed by atoms with Crippen LogP contribution >= 0.6 is 0 Å². The molecular formula is C23H16N6O6. The maximum atomic E-state index is 13.4. The van der Waals surface area contributed by atoms with Gasteiger partial charge in [0.2, 0.25) is 11.8 Å². The van der Waals surface area contributed by atoms with E-state index in [2.05, 4.69) is 15.4 Å². The predicted molar refractivity (Wildman–Crippen MR) is 117 cm³/mol. The van der Waals surface area contributed by atoms with E-state index in [4.69, 9.17) is 9.57 Å². The Balaban J connectivity index is 1.18. The van der Waals surface area contributed by atoms with Gasteiger partial charge in [0, 0.05) is 12.1 Å². The molecule has 7 rings (SSSR count). The first-order valence-electron chi connectivity index (χ1n) is 11.0. The van der Waals surface area contributed by atoms with Gasteiger partial charge in [-0.15, -0.1) is 5.10 Å². The highest BCUT2D eigenvalue weighted by molar-refractivity contribution is 6.23. The summed E-state index contributed by atoms with van der Waals surface area (Å²) < 4.78 is 6.11. The van der Waals surface area contributed by atoms with E-state index >= 15 is 0 Å². The summed E-state index contributed by atoms with van der Waals surface area (Å²) in [5, 5.41) is 24.1. The van der Waals surface area contributed by atoms with Crippen LogP contribution in [0.3, 0.4) is 0 Å². The summed E-state index contributed by atoms with van der Waals surface area (Å²) >= 11 is 0. The van der Waals surface area contributed by atoms with Crippen molar-refractivity contribution in [3.05, 3.63) is 76.6 Å². The molecule has 2 aromatic carbocycles. The van der Waals surface area contributed by atoms with Crippen LogP contribution in [0.4, 0.5) is 11.4 Å². The number of ether oxygens (including phenoxy) is 1. The third-order valence-corrected chi connectivity index (χ3v) is 7.10. The van der Waals surface area contributed by atoms with Gasteiger partial charge in [-0.2, -0.15) is 9.90 Å². The topological polar surface area (TPSA) is 142 Å². The molecule has 12 nitrogen and oxygen atoms in total. The van der Waals surface area contributed by atoms with Crippen LogP contribution in [0.25, 0.3) is 5.69 Å². The molecule has 3 saturated heterocycles. The number of amides is 2. The van der Waals surface area contributed by atoms with E-state index in [1.165, 1.54) is 29.1 Å². The Labute approximate surface area is 196 Å². The number of fused-ring (bicyclic) bond motifs is 8. The largest absolute Gasteiger partial charge is 0.389 e. The van der Waals surface area contributed by atoms with Crippen molar-refractivity contribution >= 4 is 28.9 Å². The Hall–Kier alpha value is -4.45. The molecule has 35 heavy (non-hydrogen) atoms. The number of nitrogens with zero attached hydrogens (tertiary/aromatic N) is 6. The van der Waals surface area contributed by atoms with Crippen LogP contribution in [-0.2, 0) is 19.2 Å². The van der Waals surface area contributed by atoms with Crippen molar-refractivity contribution in [2.24, 2.45) is 22.9 Å². The van der Waals surface area contributed by atoms with E-state index in [-0.39, 0.29) is 17.5 Å². The van der Waals surface area contributed by atoms with Crippen LogP contribution in [0, 0.1) is 27.9 Å². The normalized spacial score (nSPS) is 30.3. The molecule has 5 heterocycles. The quantitative estimate of drug-likeness (QED) is 0.316. The van der Waals surface area contributed by atoms with Gasteiger partial charge in [0.15, 0.2) is 6.10 Å². The molecule has 6 atom stereocenters. The zero-order valence-corrected chi connectivity index (χ0v) is 17.9. The number of hydrogen-bond acceptors (Lipinski definition) is 9. The molecule has 12 heteroatoms. The third kappa shape index (κ3) is 2.68. The van der Waals surface area contributed by atoms with Gasteiger partial charge in [-0.1, -0.05) is 23.4 Å². The monoisotopic (exact) mass is 472 g/mol. The summed E-state index contributed by atoms with van der Waals surface area (Å²) in [6.07, 6.45) is -0.143. The van der Waals surface area contributed by atoms with E-state index in [1.807, 2.05) is 30.3 Å². The van der Waals surface area contributed by atoms with Crippen molar-refractivity contribution in [1.82, 2.24) is 15.0 Å². The average molecular weight is 472 g/mol. The van der Waals surface area contributed by atoms with E-state index in [1.54, 1.807) is 6.20 Å². The molecular weight excluding hydrogens is 456 g/mol. The van der Waals surface area contributed by atoms with Gasteiger partial charge >= 0.3 is 0 Å². The number of oxime groups is 1. The van der Waals surface area contributed by atoms with Crippen molar-refractivity contribution in [2.45, 2.75) is 18.3 Å². The Morgan fingerprint density at radius 1 is 0.857 bits per heavy atom. The first kappa shape index (κ1) is 20.0. The van der Waals surface area contributed by atoms with Crippen molar-refractivity contribution in [3.8, 4) is 5.69 Å². The molecule has 4 aliphatic heterocycles. The van der Waals surface area contributed by atoms with E-state index in [0.29, 0.717) is 17.1 Å². The van der Waals surface area contributed by atoms with Crippen LogP contribution < -0.4 is 4.90 Å². The molecule has 1 aromatic heterocycles. The highest BCUT2D eigenvalue weighted by Gasteiger charge is 2.72. The van der Waals surface area contributed by atoms with Gasteiger partial charge in [-0.25, -0.2) is 4.90 Å². The first-order chi connectivity index (χ1) is 17.0. The molecule has 0 spiro atoms. The lowest BCUT2D eigenvalue weighted by molar-refractivity contribution is -0.384. The lowest BCUT2D eigenvalue weighted by Crippen LogP contribution is -2.45. The standard InChI is InChI=1S/C23H16N6O6/c30-22-15-16(23(31)27(22)11-6-8-13(9-7-11)29(32)33)20-21-17(19(15)34-20)18(26-35-21)14-10-24-28(25-14)12-4-2-1-3-5-12/h1-10,15-17,19-21H. The molecule has 2 bridgehead atoms. The number of non-ortho nitro benzene ring substituents is 1. The molecule has 6 unspecified atom stereocenters. The fourth-order valence-corrected chi connectivity index (χ4v) is 5.61. The number of aromatic nitrogens is 3. The third-order valence-electron chi connectivity index (χ3n) is 7.10. The van der Waals surface area contributed by atoms with Crippen LogP contribution in [-0.4, -0.2) is 55.8 Å². The zero-order valence-electron chi connectivity index (χ0n) is 17.9. The minimum absolute atomic E-state index is 0.122. The summed E-state index contributed by atoms with van der Waals surface area (Å²) in [7, 11) is 0. The minimum atomic E-state index is -0.696. The molecule has 0 aliphatic carbocycles. The van der Waals surface area contributed by atoms with Gasteiger partial charge in [-0.3, -0.25) is 19.7 Å². The molecule has 4 aliphatic rings. The molecule has 3 fully saturated rings. The van der Waals surface area contributed by atoms with Crippen molar-refractivity contribution < 1.29 is 24.1 Å². The second-order valence-corrected chi connectivity index (χ2v) is 8.83. The highest BCUT2D eigenvalue weighted by Crippen LogP contribution is 2.55. The van der Waals surface area contributed by atoms with E-state index in [0.717, 1.165) is 10.6 Å². The van der Waals surface area contributed by atoms with Gasteiger partial charge in [0.1, 0.15) is 17.5 Å². The maximum absolute atomic E-state index is 13.4. The van der Waals surface area contributed by atoms with Gasteiger partial charge < -0.3 is 9.57 Å². The molecule has 0 radical (unpaired) electrons. The van der Waals surface area contributed by atoms with Crippen molar-refractivity contribution in [3.63, 3.8) is 0 Å². The number of nitro groups is 1. The predicted octanol–water partition coefficient (Wildman–Crippen LogP) is 1.48. The van der Waals surface area contributed by atoms with Crippen LogP contribution in [0.15, 0.2) is 65.9 Å². The molecule has 0 N–H and O–H groups in total. The van der Waals surface area contributed by atoms with Crippen LogP contribution in [0.2, 0.25) is 0 Å². The average Bonchev–Trinajstić information content (AvgIpc) is 3.67. The first-order valence-corrected chi connectivity index (χ1v) is 11.0. The molecule has 2 amide bonds. The lowest BCUT2D eigenvalue weighted by atomic mass is 9.72. The van der Waals surface area contributed by atoms with Gasteiger partial charge in [0.25, 0.3) is 5.69 Å². The van der Waals surface area contributed by atoms with E-state index < -0.39 is 41.0 Å². The molecule has 0 saturated carbocycles. The van der Waals surface area contributed by atoms with Gasteiger partial charge in [0.05, 0.1) is 46.4 Å². The second kappa shape index (κ2) is 7.03. The Kier molecular flexibility index (Phi) is 4.01. The smallest absolute Gasteiger partial charge is 0.269 e. The number of rotatable bonds is 4. The Morgan fingerprint density at radius 3 is 2.29 bits per heavy atom. The Bertz CT molecular complexity index is 1420. The van der Waals surface area contributed by atoms with Crippen molar-refractivity contribution in [2.75, 3.05) is 4.90 Å². The molecule has 3 aromatic rings. The fourth-order valence-electron chi connectivity index (χ4n) is 5.61. The SMILES string of the molecule is O=C1C2C3OC(C4C(c5cnn(-c6ccccc6)n5)=NOC34)C2C(=O)N1c1ccc([N+](=O)[O-])cc1. The number of carbonyl (C=O) groups is 2. The summed E-state index contributed by atoms with van der Waals surface area (Å²) in [6.45, 7) is 0. The van der Waals surface area contributed by atoms with Crippen LogP contribution in [0.5, 0.6) is 0 Å². The minimum Gasteiger partial charge on any atom is -0.389 e. The van der Waals surface area contributed by atoms with Crippen LogP contribution in [0.1, 0.15) is 5.69 Å². The lowest BCUT2D eigenvalue weighted by Gasteiger charge is -2.25. The van der Waals surface area contributed by atoms with Gasteiger partial charge in [-0.05, 0) is 24.3 Å². The number of imide groups is 1. The summed E-state index contributed by atoms with van der Waals surface area (Å²) in [4.78, 5) is 45.4. The number of carbonyl (C=O) groups excluding carboxylic acids is 2. The maximum Gasteiger partial charge on any atom is 0.269 e. The van der Waals surface area contributed by atoms with Crippen molar-refractivity contribution in [1.29, 1.82) is 0 Å². The fraction of sp³-hybridized carbons (Fsp3) is 0.261. The number of nitro benzene ring substituents is 1. The summed E-state index contributed by atoms with van der Waals surface area (Å²) in [6, 6.07) is 14.8. The zero-order chi connectivity index (χ0) is 23.8. The number of anilines is 1. The number of para-hydroxylation sites is 1. The number of benzene rings is 2. The number of hydrogen-bond donors (Lipinski definition) is 0.